The van der Waals surface area contributed by atoms with Gasteiger partial charge in [-0.1, -0.05) is 13.8 Å². The molecule has 0 bridgehead atoms. The van der Waals surface area contributed by atoms with Crippen LogP contribution in [0.2, 0.25) is 0 Å². The third-order valence-corrected chi connectivity index (χ3v) is 2.33. The second kappa shape index (κ2) is 7.04. The summed E-state index contributed by atoms with van der Waals surface area (Å²) in [7, 11) is 3.30. The summed E-state index contributed by atoms with van der Waals surface area (Å²) >= 11 is 0. The van der Waals surface area contributed by atoms with Crippen molar-refractivity contribution in [2.45, 2.75) is 13.8 Å². The van der Waals surface area contributed by atoms with Gasteiger partial charge >= 0.3 is 0 Å². The lowest BCUT2D eigenvalue weighted by atomic mass is 9.85. The zero-order chi connectivity index (χ0) is 10.3. The fraction of sp³-hybridized carbons (Fsp3) is 0.900. The summed E-state index contributed by atoms with van der Waals surface area (Å²) < 4.78 is 10.0. The van der Waals surface area contributed by atoms with E-state index in [1.54, 1.807) is 14.2 Å². The maximum Gasteiger partial charge on any atom is 0.123 e. The van der Waals surface area contributed by atoms with Gasteiger partial charge in [0.25, 0.3) is 0 Å². The van der Waals surface area contributed by atoms with E-state index in [1.807, 2.05) is 13.8 Å². The van der Waals surface area contributed by atoms with Crippen LogP contribution in [0, 0.1) is 17.8 Å². The van der Waals surface area contributed by atoms with Crippen LogP contribution in [0.1, 0.15) is 13.8 Å². The Morgan fingerprint density at radius 3 is 1.69 bits per heavy atom. The number of methoxy groups -OCH3 is 2. The molecular formula is C10H20O3. The van der Waals surface area contributed by atoms with Crippen LogP contribution in [0.15, 0.2) is 0 Å². The van der Waals surface area contributed by atoms with E-state index in [1.165, 1.54) is 0 Å². The van der Waals surface area contributed by atoms with E-state index in [0.717, 1.165) is 6.29 Å². The monoisotopic (exact) mass is 188 g/mol. The van der Waals surface area contributed by atoms with Crippen LogP contribution >= 0.6 is 0 Å². The van der Waals surface area contributed by atoms with Gasteiger partial charge < -0.3 is 14.3 Å². The quantitative estimate of drug-likeness (QED) is 0.566. The number of carbonyl (C=O) groups excluding carboxylic acids is 1. The molecule has 0 aliphatic carbocycles. The molecule has 0 aliphatic rings. The second-order valence-electron chi connectivity index (χ2n) is 3.58. The van der Waals surface area contributed by atoms with Crippen molar-refractivity contribution in [2.75, 3.05) is 27.4 Å². The SMILES string of the molecule is COCC(C)C(C=O)C(C)COC. The summed E-state index contributed by atoms with van der Waals surface area (Å²) in [6.07, 6.45) is 1.01. The Kier molecular flexibility index (Phi) is 6.82. The van der Waals surface area contributed by atoms with Crippen LogP contribution in [0.25, 0.3) is 0 Å². The topological polar surface area (TPSA) is 35.5 Å². The summed E-state index contributed by atoms with van der Waals surface area (Å²) in [4.78, 5) is 10.8. The minimum Gasteiger partial charge on any atom is -0.384 e. The third kappa shape index (κ3) is 4.39. The summed E-state index contributed by atoms with van der Waals surface area (Å²) in [5.74, 6) is 0.542. The second-order valence-corrected chi connectivity index (χ2v) is 3.58. The van der Waals surface area contributed by atoms with Gasteiger partial charge in [-0.3, -0.25) is 0 Å². The Labute approximate surface area is 80.4 Å². The van der Waals surface area contributed by atoms with Crippen LogP contribution < -0.4 is 0 Å². The molecule has 2 unspecified atom stereocenters. The van der Waals surface area contributed by atoms with Crippen LogP contribution in [0.3, 0.4) is 0 Å². The summed E-state index contributed by atoms with van der Waals surface area (Å²) in [5.41, 5.74) is 0. The molecule has 0 fully saturated rings. The molecule has 13 heavy (non-hydrogen) atoms. The number of aldehydes is 1. The minimum absolute atomic E-state index is 0.0277. The number of carbonyl (C=O) groups is 1. The molecule has 3 nitrogen and oxygen atoms in total. The van der Waals surface area contributed by atoms with E-state index < -0.39 is 0 Å². The first-order valence-corrected chi connectivity index (χ1v) is 4.60. The van der Waals surface area contributed by atoms with Gasteiger partial charge in [-0.2, -0.15) is 0 Å². The van der Waals surface area contributed by atoms with Crippen LogP contribution in [-0.4, -0.2) is 33.7 Å². The molecule has 0 N–H and O–H groups in total. The molecule has 0 saturated carbocycles. The van der Waals surface area contributed by atoms with Crippen molar-refractivity contribution in [1.29, 1.82) is 0 Å². The van der Waals surface area contributed by atoms with Crippen molar-refractivity contribution in [1.82, 2.24) is 0 Å². The van der Waals surface area contributed by atoms with Gasteiger partial charge in [0.1, 0.15) is 6.29 Å². The van der Waals surface area contributed by atoms with Gasteiger partial charge in [0.2, 0.25) is 0 Å². The summed E-state index contributed by atoms with van der Waals surface area (Å²) in [5, 5.41) is 0. The minimum atomic E-state index is 0.0277. The molecule has 0 aromatic heterocycles. The Hall–Kier alpha value is -0.410. The molecule has 0 aromatic rings. The number of hydrogen-bond acceptors (Lipinski definition) is 3. The van der Waals surface area contributed by atoms with Crippen molar-refractivity contribution >= 4 is 6.29 Å². The van der Waals surface area contributed by atoms with Crippen LogP contribution in [0.4, 0.5) is 0 Å². The predicted octanol–water partition coefficient (Wildman–Crippen LogP) is 1.37. The molecule has 0 rings (SSSR count). The maximum absolute atomic E-state index is 10.8. The summed E-state index contributed by atoms with van der Waals surface area (Å²) in [6.45, 7) is 5.29. The molecule has 0 spiro atoms. The normalized spacial score (nSPS) is 17.8. The highest BCUT2D eigenvalue weighted by Crippen LogP contribution is 2.19. The Balaban J connectivity index is 4.05. The first kappa shape index (κ1) is 12.6. The highest BCUT2D eigenvalue weighted by atomic mass is 16.5. The van der Waals surface area contributed by atoms with Gasteiger partial charge in [0.05, 0.1) is 0 Å². The van der Waals surface area contributed by atoms with Gasteiger partial charge in [-0.15, -0.1) is 0 Å². The molecule has 0 radical (unpaired) electrons. The number of ether oxygens (including phenoxy) is 2. The van der Waals surface area contributed by atoms with Gasteiger partial charge in [-0.05, 0) is 11.8 Å². The van der Waals surface area contributed by atoms with Crippen molar-refractivity contribution in [3.8, 4) is 0 Å². The predicted molar refractivity (Wildman–Crippen MR) is 51.6 cm³/mol. The fourth-order valence-corrected chi connectivity index (χ4v) is 1.58. The lowest BCUT2D eigenvalue weighted by Gasteiger charge is -2.23. The zero-order valence-electron chi connectivity index (χ0n) is 8.95. The highest BCUT2D eigenvalue weighted by Gasteiger charge is 2.22. The van der Waals surface area contributed by atoms with Gasteiger partial charge in [0.15, 0.2) is 0 Å². The zero-order valence-corrected chi connectivity index (χ0v) is 8.95. The van der Waals surface area contributed by atoms with Crippen LogP contribution in [0.5, 0.6) is 0 Å². The van der Waals surface area contributed by atoms with E-state index in [9.17, 15) is 4.79 Å². The van der Waals surface area contributed by atoms with Gasteiger partial charge in [0, 0.05) is 33.4 Å². The van der Waals surface area contributed by atoms with Crippen molar-refractivity contribution in [2.24, 2.45) is 17.8 Å². The highest BCUT2D eigenvalue weighted by molar-refractivity contribution is 5.54. The van der Waals surface area contributed by atoms with E-state index in [4.69, 9.17) is 9.47 Å². The fourth-order valence-electron chi connectivity index (χ4n) is 1.58. The molecule has 0 saturated heterocycles. The Morgan fingerprint density at radius 1 is 1.08 bits per heavy atom. The summed E-state index contributed by atoms with van der Waals surface area (Å²) in [6, 6.07) is 0. The molecule has 78 valence electrons. The molecule has 2 atom stereocenters. The Bertz CT molecular complexity index is 124. The van der Waals surface area contributed by atoms with Crippen LogP contribution in [-0.2, 0) is 14.3 Å². The molecular weight excluding hydrogens is 168 g/mol. The molecule has 0 amide bonds. The van der Waals surface area contributed by atoms with E-state index in [-0.39, 0.29) is 17.8 Å². The average molecular weight is 188 g/mol. The standard InChI is InChI=1S/C10H20O3/c1-8(6-12-3)10(5-11)9(2)7-13-4/h5,8-10H,6-7H2,1-4H3. The largest absolute Gasteiger partial charge is 0.384 e. The molecule has 0 heterocycles. The molecule has 0 aliphatic heterocycles. The van der Waals surface area contributed by atoms with E-state index in [2.05, 4.69) is 0 Å². The maximum atomic E-state index is 10.8. The van der Waals surface area contributed by atoms with Crippen molar-refractivity contribution in [3.05, 3.63) is 0 Å². The number of hydrogen-bond donors (Lipinski definition) is 0. The van der Waals surface area contributed by atoms with Crippen molar-refractivity contribution in [3.63, 3.8) is 0 Å². The number of rotatable bonds is 7. The lowest BCUT2D eigenvalue weighted by Crippen LogP contribution is -2.27. The molecule has 3 heteroatoms. The Morgan fingerprint density at radius 2 is 1.46 bits per heavy atom. The molecule has 0 aromatic carbocycles. The first-order chi connectivity index (χ1) is 6.17. The third-order valence-electron chi connectivity index (χ3n) is 2.33. The average Bonchev–Trinajstić information content (AvgIpc) is 2.06. The van der Waals surface area contributed by atoms with E-state index in [0.29, 0.717) is 13.2 Å². The van der Waals surface area contributed by atoms with Crippen molar-refractivity contribution < 1.29 is 14.3 Å². The smallest absolute Gasteiger partial charge is 0.123 e. The van der Waals surface area contributed by atoms with Gasteiger partial charge in [-0.25, -0.2) is 0 Å². The lowest BCUT2D eigenvalue weighted by molar-refractivity contribution is -0.115. The van der Waals surface area contributed by atoms with E-state index >= 15 is 0 Å². The first-order valence-electron chi connectivity index (χ1n) is 4.60.